The quantitative estimate of drug-likeness (QED) is 0.398. The number of hydrogen-bond donors (Lipinski definition) is 2. The lowest BCUT2D eigenvalue weighted by Crippen LogP contribution is -2.56. The molecule has 0 radical (unpaired) electrons. The molecule has 2 saturated heterocycles. The minimum absolute atomic E-state index is 0.0823. The number of piperidine rings is 1. The molecule has 0 bridgehead atoms. The molecule has 3 heterocycles. The van der Waals surface area contributed by atoms with Gasteiger partial charge in [0.15, 0.2) is 0 Å². The number of aliphatic hydroxyl groups is 1. The van der Waals surface area contributed by atoms with Crippen LogP contribution in [0, 0.1) is 0 Å². The van der Waals surface area contributed by atoms with E-state index in [4.69, 9.17) is 0 Å². The molecule has 1 unspecified atom stereocenters. The lowest BCUT2D eigenvalue weighted by Gasteiger charge is -2.43. The maximum atomic E-state index is 14.2. The van der Waals surface area contributed by atoms with Crippen LogP contribution in [0.25, 0.3) is 0 Å². The van der Waals surface area contributed by atoms with Crippen molar-refractivity contribution in [2.75, 3.05) is 58.5 Å². The summed E-state index contributed by atoms with van der Waals surface area (Å²) < 4.78 is 25.8. The van der Waals surface area contributed by atoms with Gasteiger partial charge in [-0.1, -0.05) is 50.2 Å². The zero-order valence-electron chi connectivity index (χ0n) is 25.1. The molecule has 1 spiro atoms. The maximum absolute atomic E-state index is 14.2. The number of likely N-dealkylation sites (tertiary alicyclic amines) is 1. The third-order valence-corrected chi connectivity index (χ3v) is 10.0. The van der Waals surface area contributed by atoms with Gasteiger partial charge in [-0.05, 0) is 73.8 Å². The van der Waals surface area contributed by atoms with Crippen molar-refractivity contribution in [2.45, 2.75) is 50.3 Å². The minimum atomic E-state index is -3.38. The van der Waals surface area contributed by atoms with Gasteiger partial charge < -0.3 is 19.8 Å². The molecule has 1 atom stereocenters. The summed E-state index contributed by atoms with van der Waals surface area (Å²) in [6.07, 6.45) is 2.92. The molecule has 6 rings (SSSR count). The van der Waals surface area contributed by atoms with Crippen molar-refractivity contribution < 1.29 is 18.3 Å². The Balaban J connectivity index is 1.14. The van der Waals surface area contributed by atoms with E-state index in [0.29, 0.717) is 25.2 Å². The summed E-state index contributed by atoms with van der Waals surface area (Å²) in [6.45, 7) is 7.93. The van der Waals surface area contributed by atoms with Crippen molar-refractivity contribution in [1.82, 2.24) is 4.90 Å². The van der Waals surface area contributed by atoms with E-state index in [1.807, 2.05) is 35.2 Å². The summed E-state index contributed by atoms with van der Waals surface area (Å²) in [6, 6.07) is 25.4. The van der Waals surface area contributed by atoms with Crippen LogP contribution in [0.4, 0.5) is 22.7 Å². The first-order valence-corrected chi connectivity index (χ1v) is 16.9. The average Bonchev–Trinajstić information content (AvgIpc) is 3.37. The molecule has 3 aromatic rings. The molecular weight excluding hydrogens is 562 g/mol. The van der Waals surface area contributed by atoms with E-state index in [1.165, 1.54) is 5.56 Å². The highest BCUT2D eigenvalue weighted by molar-refractivity contribution is 7.92. The van der Waals surface area contributed by atoms with Crippen LogP contribution in [0.1, 0.15) is 38.7 Å². The summed E-state index contributed by atoms with van der Waals surface area (Å²) in [5.41, 5.74) is 3.59. The first kappa shape index (κ1) is 29.5. The Labute approximate surface area is 254 Å². The molecule has 228 valence electrons. The van der Waals surface area contributed by atoms with Gasteiger partial charge in [0.2, 0.25) is 10.0 Å². The molecule has 9 nitrogen and oxygen atoms in total. The molecule has 3 aliphatic heterocycles. The predicted molar refractivity (Wildman–Crippen MR) is 172 cm³/mol. The minimum Gasteiger partial charge on any atom is -0.373 e. The van der Waals surface area contributed by atoms with Gasteiger partial charge in [0, 0.05) is 47.8 Å². The maximum Gasteiger partial charge on any atom is 0.254 e. The number of hydrogen-bond acceptors (Lipinski definition) is 7. The van der Waals surface area contributed by atoms with Crippen molar-refractivity contribution in [3.05, 3.63) is 84.4 Å². The molecule has 43 heavy (non-hydrogen) atoms. The van der Waals surface area contributed by atoms with E-state index in [0.717, 1.165) is 55.9 Å². The zero-order chi connectivity index (χ0) is 30.4. The van der Waals surface area contributed by atoms with E-state index < -0.39 is 21.8 Å². The number of aliphatic hydroxyl groups excluding tert-OH is 1. The predicted octanol–water partition coefficient (Wildman–Crippen LogP) is 4.21. The highest BCUT2D eigenvalue weighted by atomic mass is 32.2. The summed E-state index contributed by atoms with van der Waals surface area (Å²) in [5.74, 6) is 0.0823. The number of para-hydroxylation sites is 2. The Morgan fingerprint density at radius 1 is 0.884 bits per heavy atom. The number of amides is 1. The highest BCUT2D eigenvalue weighted by Gasteiger charge is 2.54. The van der Waals surface area contributed by atoms with Gasteiger partial charge in [-0.15, -0.1) is 0 Å². The number of sulfonamides is 1. The zero-order valence-corrected chi connectivity index (χ0v) is 25.9. The normalized spacial score (nSPS) is 21.4. The van der Waals surface area contributed by atoms with Crippen LogP contribution >= 0.6 is 0 Å². The Morgan fingerprint density at radius 3 is 2.21 bits per heavy atom. The number of nitrogens with zero attached hydrogens (tertiary/aromatic N) is 4. The number of anilines is 4. The van der Waals surface area contributed by atoms with E-state index in [2.05, 4.69) is 57.5 Å². The van der Waals surface area contributed by atoms with Crippen LogP contribution in [-0.2, 0) is 20.2 Å². The summed E-state index contributed by atoms with van der Waals surface area (Å²) in [4.78, 5) is 22.8. The number of rotatable bonds is 8. The Morgan fingerprint density at radius 2 is 1.53 bits per heavy atom. The lowest BCUT2D eigenvalue weighted by atomic mass is 9.85. The first-order chi connectivity index (χ1) is 20.5. The van der Waals surface area contributed by atoms with Crippen LogP contribution in [-0.4, -0.2) is 75.2 Å². The Hall–Kier alpha value is -3.60. The lowest BCUT2D eigenvalue weighted by molar-refractivity contribution is -0.123. The molecule has 1 amide bonds. The average molecular weight is 604 g/mol. The highest BCUT2D eigenvalue weighted by Crippen LogP contribution is 2.44. The van der Waals surface area contributed by atoms with Crippen LogP contribution in [0.5, 0.6) is 0 Å². The van der Waals surface area contributed by atoms with Crippen molar-refractivity contribution in [1.29, 1.82) is 0 Å². The fraction of sp³-hybridized carbons (Fsp3) is 0.424. The molecule has 3 aliphatic rings. The van der Waals surface area contributed by atoms with Gasteiger partial charge >= 0.3 is 0 Å². The van der Waals surface area contributed by atoms with Gasteiger partial charge in [-0.2, -0.15) is 0 Å². The summed E-state index contributed by atoms with van der Waals surface area (Å²) in [7, 11) is -3.38. The molecule has 10 heteroatoms. The third-order valence-electron chi connectivity index (χ3n) is 9.40. The van der Waals surface area contributed by atoms with Crippen molar-refractivity contribution in [3.63, 3.8) is 0 Å². The third kappa shape index (κ3) is 5.47. The largest absolute Gasteiger partial charge is 0.373 e. The second kappa shape index (κ2) is 11.2. The van der Waals surface area contributed by atoms with Gasteiger partial charge in [-0.25, -0.2) is 8.42 Å². The number of benzene rings is 3. The molecule has 0 aliphatic carbocycles. The van der Waals surface area contributed by atoms with Gasteiger partial charge in [-0.3, -0.25) is 14.4 Å². The molecule has 0 saturated carbocycles. The van der Waals surface area contributed by atoms with E-state index in [-0.39, 0.29) is 11.3 Å². The standard InChI is InChI=1S/C33H41N5O4S/c1-32(2)28-12-7-8-13-29(28)36(30(32)39)21-9-20-35-22-18-33(19-23-35)31(40)37(24-38(33)27-10-5-4-6-11-27)26-16-14-25(15-17-26)34-43(3,41)42/h4-8,10-17,30,34,39H,9,18-24H2,1-3H3. The second-order valence-electron chi connectivity index (χ2n) is 12.6. The van der Waals surface area contributed by atoms with Crippen molar-refractivity contribution in [3.8, 4) is 0 Å². The van der Waals surface area contributed by atoms with E-state index in [1.54, 1.807) is 24.3 Å². The molecular formula is C33H41N5O4S. The number of carbonyl (C=O) groups is 1. The molecule has 3 aromatic carbocycles. The van der Waals surface area contributed by atoms with Crippen LogP contribution in [0.2, 0.25) is 0 Å². The van der Waals surface area contributed by atoms with Crippen LogP contribution in [0.3, 0.4) is 0 Å². The van der Waals surface area contributed by atoms with Crippen molar-refractivity contribution in [2.24, 2.45) is 0 Å². The molecule has 2 fully saturated rings. The second-order valence-corrected chi connectivity index (χ2v) is 14.3. The summed E-state index contributed by atoms with van der Waals surface area (Å²) >= 11 is 0. The number of nitrogens with one attached hydrogen (secondary N) is 1. The first-order valence-electron chi connectivity index (χ1n) is 15.0. The Bertz CT molecular complexity index is 1570. The van der Waals surface area contributed by atoms with E-state index in [9.17, 15) is 18.3 Å². The fourth-order valence-corrected chi connectivity index (χ4v) is 7.60. The Kier molecular flexibility index (Phi) is 7.64. The number of fused-ring (bicyclic) bond motifs is 1. The van der Waals surface area contributed by atoms with Gasteiger partial charge in [0.1, 0.15) is 11.8 Å². The smallest absolute Gasteiger partial charge is 0.254 e. The SMILES string of the molecule is CC1(C)c2ccccc2N(CCCN2CCC3(CC2)C(=O)N(c2ccc(NS(C)(=O)=O)cc2)CN3c2ccccc2)C1O. The molecule has 2 N–H and O–H groups in total. The monoisotopic (exact) mass is 603 g/mol. The topological polar surface area (TPSA) is 96.4 Å². The fourth-order valence-electron chi connectivity index (χ4n) is 7.03. The van der Waals surface area contributed by atoms with Crippen molar-refractivity contribution >= 4 is 38.7 Å². The molecule has 0 aromatic heterocycles. The number of carbonyl (C=O) groups excluding carboxylic acids is 1. The van der Waals surface area contributed by atoms with Gasteiger partial charge in [0.25, 0.3) is 5.91 Å². The van der Waals surface area contributed by atoms with Gasteiger partial charge in [0.05, 0.1) is 12.9 Å². The van der Waals surface area contributed by atoms with Crippen LogP contribution in [0.15, 0.2) is 78.9 Å². The van der Waals surface area contributed by atoms with Crippen LogP contribution < -0.4 is 19.4 Å². The van der Waals surface area contributed by atoms with E-state index >= 15 is 0 Å². The summed E-state index contributed by atoms with van der Waals surface area (Å²) in [5, 5.41) is 11.1.